The fourth-order valence-corrected chi connectivity index (χ4v) is 2.57. The minimum atomic E-state index is 0.353. The fraction of sp³-hybridized carbons (Fsp3) is 0.308. The SMILES string of the molecule is Cc1nn(C)c(Cl)c1COc1ccc(CBr)cc1Cl. The molecule has 6 heteroatoms. The molecule has 102 valence electrons. The van der Waals surface area contributed by atoms with Gasteiger partial charge in [0.05, 0.1) is 10.7 Å². The molecular weight excluding hydrogens is 351 g/mol. The van der Waals surface area contributed by atoms with Crippen molar-refractivity contribution >= 4 is 39.1 Å². The van der Waals surface area contributed by atoms with Gasteiger partial charge in [-0.15, -0.1) is 0 Å². The number of hydrogen-bond donors (Lipinski definition) is 0. The van der Waals surface area contributed by atoms with Gasteiger partial charge in [-0.1, -0.05) is 45.2 Å². The third-order valence-electron chi connectivity index (χ3n) is 2.79. The van der Waals surface area contributed by atoms with Crippen molar-refractivity contribution in [3.63, 3.8) is 0 Å². The number of aromatic nitrogens is 2. The largest absolute Gasteiger partial charge is 0.487 e. The van der Waals surface area contributed by atoms with Crippen LogP contribution in [0.4, 0.5) is 0 Å². The van der Waals surface area contributed by atoms with Crippen LogP contribution in [0.5, 0.6) is 5.75 Å². The predicted molar refractivity (Wildman–Crippen MR) is 81.4 cm³/mol. The second-order valence-electron chi connectivity index (χ2n) is 4.17. The van der Waals surface area contributed by atoms with Gasteiger partial charge in [0.2, 0.25) is 0 Å². The van der Waals surface area contributed by atoms with E-state index >= 15 is 0 Å². The Morgan fingerprint density at radius 3 is 2.63 bits per heavy atom. The van der Waals surface area contributed by atoms with Crippen LogP contribution >= 0.6 is 39.1 Å². The third-order valence-corrected chi connectivity index (χ3v) is 4.21. The highest BCUT2D eigenvalue weighted by Crippen LogP contribution is 2.28. The lowest BCUT2D eigenvalue weighted by Crippen LogP contribution is -1.98. The van der Waals surface area contributed by atoms with Crippen molar-refractivity contribution in [1.29, 1.82) is 0 Å². The van der Waals surface area contributed by atoms with Gasteiger partial charge in [-0.25, -0.2) is 0 Å². The van der Waals surface area contributed by atoms with Crippen LogP contribution in [0, 0.1) is 6.92 Å². The lowest BCUT2D eigenvalue weighted by atomic mass is 10.2. The fourth-order valence-electron chi connectivity index (χ4n) is 1.73. The van der Waals surface area contributed by atoms with Crippen molar-refractivity contribution < 1.29 is 4.74 Å². The van der Waals surface area contributed by atoms with Gasteiger partial charge in [0, 0.05) is 17.9 Å². The van der Waals surface area contributed by atoms with Crippen molar-refractivity contribution in [3.05, 3.63) is 45.2 Å². The highest BCUT2D eigenvalue weighted by molar-refractivity contribution is 9.08. The van der Waals surface area contributed by atoms with Gasteiger partial charge in [-0.3, -0.25) is 4.68 Å². The standard InChI is InChI=1S/C13H13BrCl2N2O/c1-8-10(13(16)18(2)17-8)7-19-12-4-3-9(6-14)5-11(12)15/h3-5H,6-7H2,1-2H3. The van der Waals surface area contributed by atoms with Crippen molar-refractivity contribution in [2.24, 2.45) is 7.05 Å². The minimum Gasteiger partial charge on any atom is -0.487 e. The van der Waals surface area contributed by atoms with Crippen LogP contribution < -0.4 is 4.74 Å². The van der Waals surface area contributed by atoms with Crippen molar-refractivity contribution in [2.75, 3.05) is 0 Å². The summed E-state index contributed by atoms with van der Waals surface area (Å²) in [7, 11) is 1.80. The molecule has 0 atom stereocenters. The zero-order valence-electron chi connectivity index (χ0n) is 10.6. The van der Waals surface area contributed by atoms with Crippen LogP contribution in [-0.4, -0.2) is 9.78 Å². The lowest BCUT2D eigenvalue weighted by molar-refractivity contribution is 0.305. The predicted octanol–water partition coefficient (Wildman–Crippen LogP) is 4.51. The first-order valence-electron chi connectivity index (χ1n) is 5.68. The van der Waals surface area contributed by atoms with Crippen LogP contribution in [-0.2, 0) is 19.0 Å². The Morgan fingerprint density at radius 1 is 1.37 bits per heavy atom. The zero-order chi connectivity index (χ0) is 14.0. The minimum absolute atomic E-state index is 0.353. The van der Waals surface area contributed by atoms with Gasteiger partial charge >= 0.3 is 0 Å². The van der Waals surface area contributed by atoms with E-state index in [1.807, 2.05) is 25.1 Å². The van der Waals surface area contributed by atoms with Crippen molar-refractivity contribution in [3.8, 4) is 5.75 Å². The summed E-state index contributed by atoms with van der Waals surface area (Å²) >= 11 is 15.7. The van der Waals surface area contributed by atoms with Gasteiger partial charge in [0.1, 0.15) is 17.5 Å². The quantitative estimate of drug-likeness (QED) is 0.747. The van der Waals surface area contributed by atoms with Gasteiger partial charge in [-0.2, -0.15) is 5.10 Å². The smallest absolute Gasteiger partial charge is 0.138 e. The molecule has 0 aliphatic carbocycles. The van der Waals surface area contributed by atoms with E-state index in [1.165, 1.54) is 0 Å². The van der Waals surface area contributed by atoms with Crippen LogP contribution in [0.25, 0.3) is 0 Å². The van der Waals surface area contributed by atoms with Crippen LogP contribution in [0.1, 0.15) is 16.8 Å². The molecule has 0 N–H and O–H groups in total. The van der Waals surface area contributed by atoms with Crippen molar-refractivity contribution in [1.82, 2.24) is 9.78 Å². The highest BCUT2D eigenvalue weighted by Gasteiger charge is 2.12. The summed E-state index contributed by atoms with van der Waals surface area (Å²) < 4.78 is 7.34. The Bertz CT molecular complexity index is 599. The summed E-state index contributed by atoms with van der Waals surface area (Å²) in [5.41, 5.74) is 2.85. The van der Waals surface area contributed by atoms with E-state index in [0.717, 1.165) is 22.2 Å². The molecule has 0 unspecified atom stereocenters. The first-order valence-corrected chi connectivity index (χ1v) is 7.55. The van der Waals surface area contributed by atoms with E-state index in [9.17, 15) is 0 Å². The lowest BCUT2D eigenvalue weighted by Gasteiger charge is -2.09. The van der Waals surface area contributed by atoms with Crippen LogP contribution in [0.2, 0.25) is 10.2 Å². The van der Waals surface area contributed by atoms with E-state index in [2.05, 4.69) is 21.0 Å². The van der Waals surface area contributed by atoms with Crippen LogP contribution in [0.3, 0.4) is 0 Å². The summed E-state index contributed by atoms with van der Waals surface area (Å²) in [4.78, 5) is 0. The molecule has 2 aromatic rings. The Morgan fingerprint density at radius 2 is 2.11 bits per heavy atom. The molecule has 1 heterocycles. The Labute approximate surface area is 130 Å². The molecule has 3 nitrogen and oxygen atoms in total. The Balaban J connectivity index is 2.14. The molecule has 0 aliphatic rings. The van der Waals surface area contributed by atoms with Gasteiger partial charge < -0.3 is 4.74 Å². The van der Waals surface area contributed by atoms with Gasteiger partial charge in [-0.05, 0) is 24.6 Å². The monoisotopic (exact) mass is 362 g/mol. The number of alkyl halides is 1. The average molecular weight is 364 g/mol. The molecule has 0 fully saturated rings. The van der Waals surface area contributed by atoms with E-state index in [4.69, 9.17) is 27.9 Å². The summed E-state index contributed by atoms with van der Waals surface area (Å²) in [6.45, 7) is 2.26. The normalized spacial score (nSPS) is 10.8. The average Bonchev–Trinajstić information content (AvgIpc) is 2.62. The van der Waals surface area contributed by atoms with E-state index in [-0.39, 0.29) is 0 Å². The topological polar surface area (TPSA) is 27.1 Å². The summed E-state index contributed by atoms with van der Waals surface area (Å²) in [5.74, 6) is 0.644. The molecule has 1 aromatic carbocycles. The number of hydrogen-bond acceptors (Lipinski definition) is 2. The molecule has 0 bridgehead atoms. The highest BCUT2D eigenvalue weighted by atomic mass is 79.9. The maximum atomic E-state index is 6.16. The molecular formula is C13H13BrCl2N2O. The third kappa shape index (κ3) is 3.25. The second-order valence-corrected chi connectivity index (χ2v) is 5.49. The number of halogens is 3. The van der Waals surface area contributed by atoms with E-state index in [0.29, 0.717) is 22.5 Å². The molecule has 19 heavy (non-hydrogen) atoms. The maximum Gasteiger partial charge on any atom is 0.138 e. The first-order chi connectivity index (χ1) is 9.02. The first kappa shape index (κ1) is 14.7. The number of aryl methyl sites for hydroxylation is 2. The summed E-state index contributed by atoms with van der Waals surface area (Å²) in [6, 6.07) is 5.70. The molecule has 0 spiro atoms. The molecule has 0 saturated heterocycles. The Kier molecular flexibility index (Phi) is 4.76. The molecule has 0 aliphatic heterocycles. The molecule has 0 saturated carbocycles. The van der Waals surface area contributed by atoms with Gasteiger partial charge in [0.25, 0.3) is 0 Å². The second kappa shape index (κ2) is 6.16. The number of ether oxygens (including phenoxy) is 1. The van der Waals surface area contributed by atoms with Gasteiger partial charge in [0.15, 0.2) is 0 Å². The number of rotatable bonds is 4. The summed E-state index contributed by atoms with van der Waals surface area (Å²) in [5, 5.41) is 6.18. The zero-order valence-corrected chi connectivity index (χ0v) is 13.7. The molecule has 0 radical (unpaired) electrons. The van der Waals surface area contributed by atoms with Crippen LogP contribution in [0.15, 0.2) is 18.2 Å². The molecule has 0 amide bonds. The summed E-state index contributed by atoms with van der Waals surface area (Å²) in [6.07, 6.45) is 0. The number of nitrogens with zero attached hydrogens (tertiary/aromatic N) is 2. The maximum absolute atomic E-state index is 6.16. The van der Waals surface area contributed by atoms with Crippen molar-refractivity contribution in [2.45, 2.75) is 18.9 Å². The van der Waals surface area contributed by atoms with E-state index < -0.39 is 0 Å². The number of benzene rings is 1. The molecule has 1 aromatic heterocycles. The van der Waals surface area contributed by atoms with E-state index in [1.54, 1.807) is 11.7 Å². The Hall–Kier alpha value is -0.710. The molecule has 2 rings (SSSR count).